The Labute approximate surface area is 93.1 Å². The minimum Gasteiger partial charge on any atom is -0.166 e. The van der Waals surface area contributed by atoms with Crippen molar-refractivity contribution < 1.29 is 13.2 Å². The Kier molecular flexibility index (Phi) is 3.21. The molecule has 0 aliphatic carbocycles. The van der Waals surface area contributed by atoms with Gasteiger partial charge in [-0.3, -0.25) is 0 Å². The van der Waals surface area contributed by atoms with Crippen molar-refractivity contribution >= 4 is 24.9 Å². The summed E-state index contributed by atoms with van der Waals surface area (Å²) in [5.74, 6) is 0. The highest BCUT2D eigenvalue weighted by atomic mass is 35.5. The fourth-order valence-electron chi connectivity index (χ4n) is 1.33. The minimum atomic E-state index is -4.37. The molecule has 0 radical (unpaired) electrons. The van der Waals surface area contributed by atoms with Crippen molar-refractivity contribution in [3.8, 4) is 0 Å². The topological polar surface area (TPSA) is 0 Å². The van der Waals surface area contributed by atoms with Crippen molar-refractivity contribution in [2.75, 3.05) is 0 Å². The van der Waals surface area contributed by atoms with E-state index in [0.717, 1.165) is 6.07 Å². The van der Waals surface area contributed by atoms with Crippen molar-refractivity contribution in [3.63, 3.8) is 0 Å². The van der Waals surface area contributed by atoms with Gasteiger partial charge in [0.25, 0.3) is 0 Å². The zero-order valence-corrected chi connectivity index (χ0v) is 10.5. The maximum Gasteiger partial charge on any atom is 0.417 e. The molecular formula is C10H12ClF3Si. The average molecular weight is 253 g/mol. The van der Waals surface area contributed by atoms with Crippen LogP contribution in [0.2, 0.25) is 24.7 Å². The monoisotopic (exact) mass is 252 g/mol. The van der Waals surface area contributed by atoms with Gasteiger partial charge in [-0.05, 0) is 11.3 Å². The molecule has 5 heteroatoms. The zero-order valence-electron chi connectivity index (χ0n) is 8.74. The first-order valence-corrected chi connectivity index (χ1v) is 8.38. The van der Waals surface area contributed by atoms with Crippen LogP contribution in [-0.4, -0.2) is 8.07 Å². The van der Waals surface area contributed by atoms with E-state index in [9.17, 15) is 13.2 Å². The molecule has 0 fully saturated rings. The lowest BCUT2D eigenvalue weighted by atomic mass is 10.2. The lowest BCUT2D eigenvalue weighted by molar-refractivity contribution is -0.137. The third-order valence-electron chi connectivity index (χ3n) is 2.11. The number of rotatable bonds is 1. The molecule has 0 N–H and O–H groups in total. The molecule has 0 amide bonds. The minimum absolute atomic E-state index is 0.135. The first kappa shape index (κ1) is 12.6. The molecule has 0 nitrogen and oxygen atoms in total. The number of alkyl halides is 3. The summed E-state index contributed by atoms with van der Waals surface area (Å²) in [6, 6.07) is 4.12. The van der Waals surface area contributed by atoms with Gasteiger partial charge in [-0.2, -0.15) is 13.2 Å². The van der Waals surface area contributed by atoms with Crippen molar-refractivity contribution in [3.05, 3.63) is 28.8 Å². The standard InChI is InChI=1S/C10H12ClF3Si/c1-15(2,3)8-6-4-5-7(9(8)11)10(12,13)14/h4-6H,1-3H3. The predicted octanol–water partition coefficient (Wildman–Crippen LogP) is 3.90. The summed E-state index contributed by atoms with van der Waals surface area (Å²) in [6.45, 7) is 5.90. The number of hydrogen-bond acceptors (Lipinski definition) is 0. The van der Waals surface area contributed by atoms with Gasteiger partial charge in [0, 0.05) is 0 Å². The lowest BCUT2D eigenvalue weighted by Crippen LogP contribution is -2.39. The maximum atomic E-state index is 12.5. The third kappa shape index (κ3) is 2.75. The highest BCUT2D eigenvalue weighted by Crippen LogP contribution is 2.34. The molecule has 0 bridgehead atoms. The summed E-state index contributed by atoms with van der Waals surface area (Å²) in [5.41, 5.74) is -0.732. The van der Waals surface area contributed by atoms with Crippen LogP contribution in [-0.2, 0) is 6.18 Å². The van der Waals surface area contributed by atoms with Crippen LogP contribution >= 0.6 is 11.6 Å². The van der Waals surface area contributed by atoms with Crippen LogP contribution in [0, 0.1) is 0 Å². The summed E-state index contributed by atoms with van der Waals surface area (Å²) >= 11 is 5.79. The van der Waals surface area contributed by atoms with Gasteiger partial charge in [0.15, 0.2) is 0 Å². The smallest absolute Gasteiger partial charge is 0.166 e. The van der Waals surface area contributed by atoms with Crippen molar-refractivity contribution in [1.29, 1.82) is 0 Å². The SMILES string of the molecule is C[Si](C)(C)c1cccc(C(F)(F)F)c1Cl. The van der Waals surface area contributed by atoms with E-state index in [2.05, 4.69) is 0 Å². The van der Waals surface area contributed by atoms with Gasteiger partial charge in [-0.1, -0.05) is 43.4 Å². The second kappa shape index (κ2) is 3.83. The Morgan fingerprint density at radius 3 is 2.07 bits per heavy atom. The van der Waals surface area contributed by atoms with E-state index >= 15 is 0 Å². The molecular weight excluding hydrogens is 241 g/mol. The molecule has 0 aliphatic heterocycles. The molecule has 1 rings (SSSR count). The first-order chi connectivity index (χ1) is 6.64. The van der Waals surface area contributed by atoms with Gasteiger partial charge in [0.05, 0.1) is 18.7 Å². The van der Waals surface area contributed by atoms with Gasteiger partial charge < -0.3 is 0 Å². The normalized spacial score (nSPS) is 13.0. The zero-order chi connectivity index (χ0) is 11.9. The largest absolute Gasteiger partial charge is 0.417 e. The van der Waals surface area contributed by atoms with E-state index in [4.69, 9.17) is 11.6 Å². The third-order valence-corrected chi connectivity index (χ3v) is 4.71. The molecule has 0 heterocycles. The quantitative estimate of drug-likeness (QED) is 0.665. The van der Waals surface area contributed by atoms with Crippen molar-refractivity contribution in [2.45, 2.75) is 25.8 Å². The van der Waals surface area contributed by atoms with Crippen LogP contribution in [0.3, 0.4) is 0 Å². The van der Waals surface area contributed by atoms with Gasteiger partial charge in [0.2, 0.25) is 0 Å². The van der Waals surface area contributed by atoms with E-state index in [1.54, 1.807) is 6.07 Å². The maximum absolute atomic E-state index is 12.5. The Balaban J connectivity index is 3.37. The fraction of sp³-hybridized carbons (Fsp3) is 0.400. The molecule has 1 aromatic rings. The van der Waals surface area contributed by atoms with Crippen LogP contribution in [0.5, 0.6) is 0 Å². The van der Waals surface area contributed by atoms with E-state index < -0.39 is 19.8 Å². The molecule has 0 saturated heterocycles. The van der Waals surface area contributed by atoms with E-state index in [0.29, 0.717) is 5.19 Å². The Hall–Kier alpha value is -0.483. The van der Waals surface area contributed by atoms with Gasteiger partial charge >= 0.3 is 6.18 Å². The molecule has 0 unspecified atom stereocenters. The number of benzene rings is 1. The number of hydrogen-bond donors (Lipinski definition) is 0. The average Bonchev–Trinajstić information content (AvgIpc) is 1.99. The molecule has 0 atom stereocenters. The first-order valence-electron chi connectivity index (χ1n) is 4.50. The van der Waals surface area contributed by atoms with Crippen LogP contribution in [0.1, 0.15) is 5.56 Å². The summed E-state index contributed by atoms with van der Waals surface area (Å²) < 4.78 is 37.6. The molecule has 1 aromatic carbocycles. The van der Waals surface area contributed by atoms with Crippen molar-refractivity contribution in [2.24, 2.45) is 0 Å². The van der Waals surface area contributed by atoms with Gasteiger partial charge in [-0.25, -0.2) is 0 Å². The van der Waals surface area contributed by atoms with Crippen LogP contribution in [0.15, 0.2) is 18.2 Å². The van der Waals surface area contributed by atoms with E-state index in [1.165, 1.54) is 6.07 Å². The van der Waals surface area contributed by atoms with Crippen LogP contribution in [0.25, 0.3) is 0 Å². The predicted molar refractivity (Wildman–Crippen MR) is 59.4 cm³/mol. The second-order valence-electron chi connectivity index (χ2n) is 4.41. The summed E-state index contributed by atoms with van der Waals surface area (Å²) in [7, 11) is -1.82. The summed E-state index contributed by atoms with van der Waals surface area (Å²) in [5, 5.41) is 0.517. The van der Waals surface area contributed by atoms with Crippen molar-refractivity contribution in [1.82, 2.24) is 0 Å². The summed E-state index contributed by atoms with van der Waals surface area (Å²) in [4.78, 5) is 0. The van der Waals surface area contributed by atoms with E-state index in [-0.39, 0.29) is 5.02 Å². The second-order valence-corrected chi connectivity index (χ2v) is 9.83. The highest BCUT2D eigenvalue weighted by molar-refractivity contribution is 6.90. The molecule has 0 aliphatic rings. The Morgan fingerprint density at radius 1 is 1.13 bits per heavy atom. The lowest BCUT2D eigenvalue weighted by Gasteiger charge is -2.20. The van der Waals surface area contributed by atoms with E-state index in [1.807, 2.05) is 19.6 Å². The Bertz CT molecular complexity index is 334. The number of halogens is 4. The molecule has 84 valence electrons. The van der Waals surface area contributed by atoms with Gasteiger partial charge in [0.1, 0.15) is 0 Å². The van der Waals surface area contributed by atoms with Crippen LogP contribution < -0.4 is 5.19 Å². The molecule has 15 heavy (non-hydrogen) atoms. The molecule has 0 spiro atoms. The highest BCUT2D eigenvalue weighted by Gasteiger charge is 2.35. The van der Waals surface area contributed by atoms with Gasteiger partial charge in [-0.15, -0.1) is 0 Å². The van der Waals surface area contributed by atoms with Crippen LogP contribution in [0.4, 0.5) is 13.2 Å². The molecule has 0 saturated carbocycles. The fourth-order valence-corrected chi connectivity index (χ4v) is 3.80. The molecule has 0 aromatic heterocycles. The summed E-state index contributed by atoms with van der Waals surface area (Å²) in [6.07, 6.45) is -4.37. The Morgan fingerprint density at radius 2 is 1.67 bits per heavy atom.